The molecular formula is C12H17N3S. The van der Waals surface area contributed by atoms with Crippen molar-refractivity contribution in [3.63, 3.8) is 0 Å². The van der Waals surface area contributed by atoms with E-state index in [9.17, 15) is 0 Å². The predicted molar refractivity (Wildman–Crippen MR) is 70.1 cm³/mol. The number of thiophene rings is 1. The van der Waals surface area contributed by atoms with Gasteiger partial charge in [-0.1, -0.05) is 20.3 Å². The fourth-order valence-electron chi connectivity index (χ4n) is 1.51. The molecule has 0 bridgehead atoms. The lowest BCUT2D eigenvalue weighted by Crippen LogP contribution is -2.11. The summed E-state index contributed by atoms with van der Waals surface area (Å²) in [6.07, 6.45) is 2.83. The number of aromatic nitrogens is 2. The quantitative estimate of drug-likeness (QED) is 0.882. The Balaban J connectivity index is 2.24. The molecule has 1 atom stereocenters. The fourth-order valence-corrected chi connectivity index (χ4v) is 2.48. The Bertz CT molecular complexity index is 478. The summed E-state index contributed by atoms with van der Waals surface area (Å²) in [6.45, 7) is 7.51. The van der Waals surface area contributed by atoms with Crippen LogP contribution < -0.4 is 5.32 Å². The Morgan fingerprint density at radius 2 is 2.25 bits per heavy atom. The van der Waals surface area contributed by atoms with E-state index in [1.54, 1.807) is 17.7 Å². The highest BCUT2D eigenvalue weighted by Crippen LogP contribution is 2.28. The zero-order valence-corrected chi connectivity index (χ0v) is 10.8. The van der Waals surface area contributed by atoms with E-state index < -0.39 is 0 Å². The standard InChI is InChI=1S/C12H17N3S/c1-4-8(2)5-13-12-11-10(14-7-15-12)9(3)6-16-11/h6-8H,4-5H2,1-3H3,(H,13,14,15). The zero-order valence-electron chi connectivity index (χ0n) is 9.95. The second kappa shape index (κ2) is 4.78. The molecule has 1 N–H and O–H groups in total. The zero-order chi connectivity index (χ0) is 11.5. The van der Waals surface area contributed by atoms with Gasteiger partial charge in [-0.15, -0.1) is 11.3 Å². The molecule has 0 aliphatic heterocycles. The average molecular weight is 235 g/mol. The minimum atomic E-state index is 0.672. The molecule has 0 spiro atoms. The van der Waals surface area contributed by atoms with Gasteiger partial charge in [0.1, 0.15) is 12.1 Å². The Morgan fingerprint density at radius 3 is 3.00 bits per heavy atom. The molecular weight excluding hydrogens is 218 g/mol. The summed E-state index contributed by atoms with van der Waals surface area (Å²) in [4.78, 5) is 8.62. The molecule has 0 fully saturated rings. The molecule has 0 radical (unpaired) electrons. The van der Waals surface area contributed by atoms with Crippen LogP contribution in [0.2, 0.25) is 0 Å². The SMILES string of the molecule is CCC(C)CNc1ncnc2c(C)csc12. The smallest absolute Gasteiger partial charge is 0.147 e. The van der Waals surface area contributed by atoms with Gasteiger partial charge < -0.3 is 5.32 Å². The van der Waals surface area contributed by atoms with Gasteiger partial charge in [-0.05, 0) is 23.8 Å². The van der Waals surface area contributed by atoms with Crippen molar-refractivity contribution in [1.82, 2.24) is 9.97 Å². The van der Waals surface area contributed by atoms with Gasteiger partial charge >= 0.3 is 0 Å². The van der Waals surface area contributed by atoms with Crippen LogP contribution in [0.15, 0.2) is 11.7 Å². The summed E-state index contributed by atoms with van der Waals surface area (Å²) in [7, 11) is 0. The van der Waals surface area contributed by atoms with Crippen molar-refractivity contribution in [1.29, 1.82) is 0 Å². The van der Waals surface area contributed by atoms with Gasteiger partial charge in [-0.3, -0.25) is 0 Å². The number of anilines is 1. The van der Waals surface area contributed by atoms with Gasteiger partial charge in [0.2, 0.25) is 0 Å². The molecule has 2 aromatic heterocycles. The number of rotatable bonds is 4. The predicted octanol–water partition coefficient (Wildman–Crippen LogP) is 3.46. The topological polar surface area (TPSA) is 37.8 Å². The third-order valence-corrected chi connectivity index (χ3v) is 3.94. The molecule has 3 nitrogen and oxygen atoms in total. The molecule has 2 rings (SSSR count). The van der Waals surface area contributed by atoms with Gasteiger partial charge in [0.05, 0.1) is 10.2 Å². The number of hydrogen-bond donors (Lipinski definition) is 1. The van der Waals surface area contributed by atoms with E-state index >= 15 is 0 Å². The van der Waals surface area contributed by atoms with Crippen LogP contribution in [-0.2, 0) is 0 Å². The maximum absolute atomic E-state index is 4.31. The fraction of sp³-hybridized carbons (Fsp3) is 0.500. The van der Waals surface area contributed by atoms with E-state index in [0.717, 1.165) is 17.9 Å². The van der Waals surface area contributed by atoms with Crippen LogP contribution >= 0.6 is 11.3 Å². The first-order valence-electron chi connectivity index (χ1n) is 5.65. The molecule has 0 amide bonds. The van der Waals surface area contributed by atoms with Crippen molar-refractivity contribution in [2.45, 2.75) is 27.2 Å². The van der Waals surface area contributed by atoms with Crippen LogP contribution in [0.5, 0.6) is 0 Å². The van der Waals surface area contributed by atoms with E-state index in [1.807, 2.05) is 0 Å². The number of fused-ring (bicyclic) bond motifs is 1. The second-order valence-corrected chi connectivity index (χ2v) is 5.09. The summed E-state index contributed by atoms with van der Waals surface area (Å²) in [6, 6.07) is 0. The second-order valence-electron chi connectivity index (χ2n) is 4.21. The van der Waals surface area contributed by atoms with Crippen molar-refractivity contribution >= 4 is 27.4 Å². The number of nitrogens with one attached hydrogen (secondary N) is 1. The molecule has 4 heteroatoms. The van der Waals surface area contributed by atoms with Crippen LogP contribution in [0.3, 0.4) is 0 Å². The minimum Gasteiger partial charge on any atom is -0.369 e. The van der Waals surface area contributed by atoms with Gasteiger partial charge in [0.15, 0.2) is 0 Å². The van der Waals surface area contributed by atoms with Crippen LogP contribution in [-0.4, -0.2) is 16.5 Å². The highest BCUT2D eigenvalue weighted by atomic mass is 32.1. The molecule has 0 saturated heterocycles. The number of nitrogens with zero attached hydrogens (tertiary/aromatic N) is 2. The van der Waals surface area contributed by atoms with E-state index in [2.05, 4.69) is 41.4 Å². The van der Waals surface area contributed by atoms with E-state index in [4.69, 9.17) is 0 Å². The number of hydrogen-bond acceptors (Lipinski definition) is 4. The first-order chi connectivity index (χ1) is 7.72. The summed E-state index contributed by atoms with van der Waals surface area (Å²) in [5, 5.41) is 5.54. The van der Waals surface area contributed by atoms with Crippen molar-refractivity contribution in [2.75, 3.05) is 11.9 Å². The molecule has 86 valence electrons. The van der Waals surface area contributed by atoms with Crippen molar-refractivity contribution < 1.29 is 0 Å². The lowest BCUT2D eigenvalue weighted by Gasteiger charge is -2.10. The maximum atomic E-state index is 4.31. The van der Waals surface area contributed by atoms with Gasteiger partial charge in [0.25, 0.3) is 0 Å². The van der Waals surface area contributed by atoms with Crippen molar-refractivity contribution in [3.8, 4) is 0 Å². The third-order valence-electron chi connectivity index (χ3n) is 2.85. The Morgan fingerprint density at radius 1 is 1.44 bits per heavy atom. The van der Waals surface area contributed by atoms with Crippen molar-refractivity contribution in [2.24, 2.45) is 5.92 Å². The molecule has 0 saturated carbocycles. The first-order valence-corrected chi connectivity index (χ1v) is 6.53. The van der Waals surface area contributed by atoms with Gasteiger partial charge in [-0.2, -0.15) is 0 Å². The van der Waals surface area contributed by atoms with Gasteiger partial charge in [-0.25, -0.2) is 9.97 Å². The highest BCUT2D eigenvalue weighted by Gasteiger charge is 2.08. The highest BCUT2D eigenvalue weighted by molar-refractivity contribution is 7.18. The summed E-state index contributed by atoms with van der Waals surface area (Å²) in [5.41, 5.74) is 2.31. The summed E-state index contributed by atoms with van der Waals surface area (Å²) >= 11 is 1.71. The van der Waals surface area contributed by atoms with Gasteiger partial charge in [0, 0.05) is 6.54 Å². The van der Waals surface area contributed by atoms with Crippen LogP contribution in [0.4, 0.5) is 5.82 Å². The summed E-state index contributed by atoms with van der Waals surface area (Å²) < 4.78 is 1.17. The van der Waals surface area contributed by atoms with E-state index in [0.29, 0.717) is 5.92 Å². The van der Waals surface area contributed by atoms with Crippen LogP contribution in [0.25, 0.3) is 10.2 Å². The number of aryl methyl sites for hydroxylation is 1. The largest absolute Gasteiger partial charge is 0.369 e. The normalized spacial score (nSPS) is 12.9. The molecule has 16 heavy (non-hydrogen) atoms. The van der Waals surface area contributed by atoms with E-state index in [-0.39, 0.29) is 0 Å². The monoisotopic (exact) mass is 235 g/mol. The Labute approximate surface area is 99.9 Å². The molecule has 2 heterocycles. The third kappa shape index (κ3) is 2.16. The van der Waals surface area contributed by atoms with Crippen LogP contribution in [0, 0.1) is 12.8 Å². The molecule has 2 aromatic rings. The lowest BCUT2D eigenvalue weighted by atomic mass is 10.1. The minimum absolute atomic E-state index is 0.672. The Kier molecular flexibility index (Phi) is 3.39. The molecule has 1 unspecified atom stereocenters. The molecule has 0 aromatic carbocycles. The average Bonchev–Trinajstić information content (AvgIpc) is 2.69. The maximum Gasteiger partial charge on any atom is 0.147 e. The van der Waals surface area contributed by atoms with E-state index in [1.165, 1.54) is 16.7 Å². The lowest BCUT2D eigenvalue weighted by molar-refractivity contribution is 0.593. The summed E-state index contributed by atoms with van der Waals surface area (Å²) in [5.74, 6) is 1.65. The molecule has 0 aliphatic carbocycles. The van der Waals surface area contributed by atoms with Crippen LogP contribution in [0.1, 0.15) is 25.8 Å². The van der Waals surface area contributed by atoms with Crippen molar-refractivity contribution in [3.05, 3.63) is 17.3 Å². The first kappa shape index (κ1) is 11.3. The Hall–Kier alpha value is -1.16. The molecule has 0 aliphatic rings.